The Kier molecular flexibility index (Phi) is 5.90. The zero-order chi connectivity index (χ0) is 22.7. The predicted octanol–water partition coefficient (Wildman–Crippen LogP) is 6.35. The maximum Gasteiger partial charge on any atom is 0.248 e. The molecule has 1 heterocycles. The van der Waals surface area contributed by atoms with Crippen LogP contribution < -0.4 is 10.1 Å². The number of fused-ring (bicyclic) bond motifs is 1. The van der Waals surface area contributed by atoms with Crippen LogP contribution in [0, 0.1) is 0 Å². The number of anilines is 1. The van der Waals surface area contributed by atoms with Crippen molar-refractivity contribution in [2.75, 3.05) is 12.4 Å². The number of benzene rings is 3. The normalized spacial score (nSPS) is 11.4. The first-order chi connectivity index (χ1) is 15.5. The van der Waals surface area contributed by atoms with Crippen molar-refractivity contribution in [3.63, 3.8) is 0 Å². The number of ketones is 1. The van der Waals surface area contributed by atoms with Gasteiger partial charge in [0.15, 0.2) is 5.78 Å². The highest BCUT2D eigenvalue weighted by Crippen LogP contribution is 2.37. The highest BCUT2D eigenvalue weighted by atomic mass is 16.5. The summed E-state index contributed by atoms with van der Waals surface area (Å²) >= 11 is 0. The summed E-state index contributed by atoms with van der Waals surface area (Å²) in [5.41, 5.74) is 5.38. The van der Waals surface area contributed by atoms with Gasteiger partial charge in [-0.15, -0.1) is 0 Å². The summed E-state index contributed by atoms with van der Waals surface area (Å²) in [6, 6.07) is 20.7. The molecule has 32 heavy (non-hydrogen) atoms. The number of methoxy groups -OCH3 is 1. The van der Waals surface area contributed by atoms with E-state index in [9.17, 15) is 9.59 Å². The van der Waals surface area contributed by atoms with E-state index in [4.69, 9.17) is 9.15 Å². The van der Waals surface area contributed by atoms with E-state index in [0.717, 1.165) is 27.6 Å². The zero-order valence-electron chi connectivity index (χ0n) is 18.1. The third-order valence-corrected chi connectivity index (χ3v) is 5.29. The van der Waals surface area contributed by atoms with Gasteiger partial charge in [0.25, 0.3) is 0 Å². The maximum absolute atomic E-state index is 12.6. The molecule has 0 atom stereocenters. The lowest BCUT2D eigenvalue weighted by atomic mass is 9.99. The summed E-state index contributed by atoms with van der Waals surface area (Å²) in [6.07, 6.45) is 3.25. The van der Waals surface area contributed by atoms with Gasteiger partial charge in [0.2, 0.25) is 5.91 Å². The Balaban J connectivity index is 1.68. The predicted molar refractivity (Wildman–Crippen MR) is 127 cm³/mol. The van der Waals surface area contributed by atoms with E-state index in [1.165, 1.54) is 13.0 Å². The quantitative estimate of drug-likeness (QED) is 0.289. The monoisotopic (exact) mass is 425 g/mol. The number of Topliss-reactive ketones (excluding diaryl/α,β-unsaturated/α-hetero) is 1. The molecule has 0 bridgehead atoms. The third kappa shape index (κ3) is 4.32. The van der Waals surface area contributed by atoms with Gasteiger partial charge >= 0.3 is 0 Å². The van der Waals surface area contributed by atoms with Crippen molar-refractivity contribution in [3.8, 4) is 16.9 Å². The molecule has 0 aliphatic rings. The van der Waals surface area contributed by atoms with Crippen LogP contribution in [0.15, 0.2) is 83.5 Å². The summed E-state index contributed by atoms with van der Waals surface area (Å²) in [5.74, 6) is 0.271. The largest absolute Gasteiger partial charge is 0.496 e. The van der Waals surface area contributed by atoms with E-state index in [2.05, 4.69) is 5.32 Å². The van der Waals surface area contributed by atoms with Crippen molar-refractivity contribution in [2.24, 2.45) is 0 Å². The standard InChI is InChI=1S/C27H23NO4/c1-17(12-27(30)28-21-11-7-10-20(13-21)18(2)29)22-14-23-24(19-8-5-4-6-9-19)16-32-26(23)15-25(22)31-3/h4-16H,1-3H3,(H,28,30)/b17-12+. The number of amides is 1. The third-order valence-electron chi connectivity index (χ3n) is 5.29. The fourth-order valence-electron chi connectivity index (χ4n) is 3.64. The zero-order valence-corrected chi connectivity index (χ0v) is 18.1. The maximum atomic E-state index is 12.6. The lowest BCUT2D eigenvalue weighted by molar-refractivity contribution is -0.111. The average Bonchev–Trinajstić information content (AvgIpc) is 3.21. The van der Waals surface area contributed by atoms with Crippen LogP contribution in [0.3, 0.4) is 0 Å². The fourth-order valence-corrected chi connectivity index (χ4v) is 3.64. The molecule has 0 unspecified atom stereocenters. The average molecular weight is 425 g/mol. The Labute approximate surface area is 186 Å². The Hall–Kier alpha value is -4.12. The van der Waals surface area contributed by atoms with Crippen LogP contribution in [-0.4, -0.2) is 18.8 Å². The number of furan rings is 1. The molecule has 1 N–H and O–H groups in total. The summed E-state index contributed by atoms with van der Waals surface area (Å²) in [4.78, 5) is 24.2. The van der Waals surface area contributed by atoms with Gasteiger partial charge in [-0.3, -0.25) is 9.59 Å². The summed E-state index contributed by atoms with van der Waals surface area (Å²) in [7, 11) is 1.59. The number of hydrogen-bond donors (Lipinski definition) is 1. The van der Waals surface area contributed by atoms with Gasteiger partial charge < -0.3 is 14.5 Å². The number of carbonyl (C=O) groups excluding carboxylic acids is 2. The second-order valence-corrected chi connectivity index (χ2v) is 7.52. The van der Waals surface area contributed by atoms with E-state index in [0.29, 0.717) is 22.6 Å². The number of rotatable bonds is 6. The van der Waals surface area contributed by atoms with Crippen LogP contribution in [0.5, 0.6) is 5.75 Å². The smallest absolute Gasteiger partial charge is 0.248 e. The van der Waals surface area contributed by atoms with Gasteiger partial charge in [-0.1, -0.05) is 42.5 Å². The summed E-state index contributed by atoms with van der Waals surface area (Å²) in [5, 5.41) is 3.76. The molecule has 0 aliphatic heterocycles. The number of nitrogens with one attached hydrogen (secondary N) is 1. The van der Waals surface area contributed by atoms with Crippen LogP contribution in [-0.2, 0) is 4.79 Å². The number of allylic oxidation sites excluding steroid dienone is 1. The Morgan fingerprint density at radius 2 is 1.75 bits per heavy atom. The van der Waals surface area contributed by atoms with E-state index in [-0.39, 0.29) is 11.7 Å². The van der Waals surface area contributed by atoms with Crippen molar-refractivity contribution in [3.05, 3.63) is 90.2 Å². The van der Waals surface area contributed by atoms with Gasteiger partial charge in [0.05, 0.1) is 13.4 Å². The SMILES string of the molecule is COc1cc2occ(-c3ccccc3)c2cc1/C(C)=C/C(=O)Nc1cccc(C(C)=O)c1. The molecule has 0 saturated heterocycles. The Morgan fingerprint density at radius 3 is 2.47 bits per heavy atom. The van der Waals surface area contributed by atoms with Gasteiger partial charge in [0.1, 0.15) is 11.3 Å². The molecule has 1 aromatic heterocycles. The molecular weight excluding hydrogens is 402 g/mol. The molecule has 0 saturated carbocycles. The first kappa shape index (κ1) is 21.1. The van der Waals surface area contributed by atoms with Crippen LogP contribution in [0.1, 0.15) is 29.8 Å². The van der Waals surface area contributed by atoms with Gasteiger partial charge in [-0.25, -0.2) is 0 Å². The van der Waals surface area contributed by atoms with E-state index in [1.807, 2.05) is 49.4 Å². The van der Waals surface area contributed by atoms with Crippen molar-refractivity contribution < 1.29 is 18.7 Å². The lowest BCUT2D eigenvalue weighted by Gasteiger charge is -2.10. The van der Waals surface area contributed by atoms with Crippen LogP contribution >= 0.6 is 0 Å². The topological polar surface area (TPSA) is 68.5 Å². The Bertz CT molecular complexity index is 1330. The molecule has 4 rings (SSSR count). The summed E-state index contributed by atoms with van der Waals surface area (Å²) < 4.78 is 11.3. The fraction of sp³-hybridized carbons (Fsp3) is 0.111. The Morgan fingerprint density at radius 1 is 0.969 bits per heavy atom. The molecule has 5 heteroatoms. The molecule has 0 aliphatic carbocycles. The van der Waals surface area contributed by atoms with E-state index >= 15 is 0 Å². The number of hydrogen-bond acceptors (Lipinski definition) is 4. The second kappa shape index (κ2) is 8.94. The van der Waals surface area contributed by atoms with Gasteiger partial charge in [-0.05, 0) is 43.2 Å². The molecule has 1 amide bonds. The molecule has 5 nitrogen and oxygen atoms in total. The number of carbonyl (C=O) groups is 2. The molecule has 4 aromatic rings. The molecule has 160 valence electrons. The van der Waals surface area contributed by atoms with Gasteiger partial charge in [-0.2, -0.15) is 0 Å². The first-order valence-corrected chi connectivity index (χ1v) is 10.2. The summed E-state index contributed by atoms with van der Waals surface area (Å²) in [6.45, 7) is 3.35. The van der Waals surface area contributed by atoms with Crippen molar-refractivity contribution in [1.82, 2.24) is 0 Å². The van der Waals surface area contributed by atoms with Crippen LogP contribution in [0.4, 0.5) is 5.69 Å². The highest BCUT2D eigenvalue weighted by Gasteiger charge is 2.15. The minimum atomic E-state index is -0.291. The van der Waals surface area contributed by atoms with Crippen molar-refractivity contribution in [2.45, 2.75) is 13.8 Å². The molecule has 0 spiro atoms. The van der Waals surface area contributed by atoms with Crippen LogP contribution in [0.2, 0.25) is 0 Å². The molecule has 3 aromatic carbocycles. The first-order valence-electron chi connectivity index (χ1n) is 10.2. The van der Waals surface area contributed by atoms with E-state index < -0.39 is 0 Å². The second-order valence-electron chi connectivity index (χ2n) is 7.52. The van der Waals surface area contributed by atoms with Gasteiger partial charge in [0, 0.05) is 39.9 Å². The van der Waals surface area contributed by atoms with Crippen molar-refractivity contribution >= 4 is 33.9 Å². The molecular formula is C27H23NO4. The number of ether oxygens (including phenoxy) is 1. The minimum Gasteiger partial charge on any atom is -0.496 e. The molecule has 0 fully saturated rings. The van der Waals surface area contributed by atoms with Crippen LogP contribution in [0.25, 0.3) is 27.7 Å². The lowest BCUT2D eigenvalue weighted by Crippen LogP contribution is -2.09. The minimum absolute atomic E-state index is 0.0554. The van der Waals surface area contributed by atoms with E-state index in [1.54, 1.807) is 37.6 Å². The highest BCUT2D eigenvalue weighted by molar-refractivity contribution is 6.06. The van der Waals surface area contributed by atoms with Crippen molar-refractivity contribution in [1.29, 1.82) is 0 Å². The molecule has 0 radical (unpaired) electrons.